The summed E-state index contributed by atoms with van der Waals surface area (Å²) in [6.07, 6.45) is 6.13. The molecule has 1 aromatic carbocycles. The molecule has 1 aliphatic heterocycles. The highest BCUT2D eigenvalue weighted by atomic mass is 35.5. The van der Waals surface area contributed by atoms with Crippen LogP contribution in [-0.2, 0) is 11.2 Å². The average molecular weight is 292 g/mol. The summed E-state index contributed by atoms with van der Waals surface area (Å²) >= 11 is 6.63. The number of hydrogen-bond acceptors (Lipinski definition) is 1. The van der Waals surface area contributed by atoms with E-state index in [0.29, 0.717) is 18.2 Å². The molecule has 0 bridgehead atoms. The summed E-state index contributed by atoms with van der Waals surface area (Å²) in [6, 6.07) is 8.46. The fraction of sp³-hybridized carbons (Fsp3) is 0.588. The zero-order chi connectivity index (χ0) is 13.9. The maximum Gasteiger partial charge on any atom is 0.222 e. The van der Waals surface area contributed by atoms with Gasteiger partial charge in [0.25, 0.3) is 0 Å². The van der Waals surface area contributed by atoms with Crippen molar-refractivity contribution in [1.82, 2.24) is 4.90 Å². The van der Waals surface area contributed by atoms with Crippen molar-refractivity contribution in [2.45, 2.75) is 43.9 Å². The highest BCUT2D eigenvalue weighted by molar-refractivity contribution is 6.21. The van der Waals surface area contributed by atoms with Gasteiger partial charge in [-0.3, -0.25) is 4.79 Å². The van der Waals surface area contributed by atoms with Crippen LogP contribution in [0.15, 0.2) is 24.3 Å². The van der Waals surface area contributed by atoms with E-state index < -0.39 is 0 Å². The summed E-state index contributed by atoms with van der Waals surface area (Å²) in [7, 11) is 0. The number of amides is 1. The van der Waals surface area contributed by atoms with E-state index in [0.717, 1.165) is 32.4 Å². The lowest BCUT2D eigenvalue weighted by Gasteiger charge is -2.30. The van der Waals surface area contributed by atoms with Crippen molar-refractivity contribution in [1.29, 1.82) is 0 Å². The van der Waals surface area contributed by atoms with Gasteiger partial charge in [0.2, 0.25) is 5.91 Å². The van der Waals surface area contributed by atoms with Crippen molar-refractivity contribution in [2.75, 3.05) is 13.1 Å². The number of carbonyl (C=O) groups excluding carboxylic acids is 1. The smallest absolute Gasteiger partial charge is 0.222 e. The van der Waals surface area contributed by atoms with Crippen LogP contribution in [-0.4, -0.2) is 23.9 Å². The number of rotatable bonds is 3. The molecule has 3 rings (SSSR count). The predicted octanol–water partition coefficient (Wildman–Crippen LogP) is 3.93. The van der Waals surface area contributed by atoms with Crippen LogP contribution in [0.1, 0.15) is 48.6 Å². The van der Waals surface area contributed by atoms with E-state index in [1.54, 1.807) is 0 Å². The van der Waals surface area contributed by atoms with Gasteiger partial charge in [0, 0.05) is 19.5 Å². The normalized spacial score (nSPS) is 25.6. The van der Waals surface area contributed by atoms with Gasteiger partial charge in [-0.15, -0.1) is 11.6 Å². The van der Waals surface area contributed by atoms with Gasteiger partial charge in [0.05, 0.1) is 5.38 Å². The maximum atomic E-state index is 12.1. The summed E-state index contributed by atoms with van der Waals surface area (Å²) in [5.74, 6) is 0.767. The number of carbonyl (C=O) groups is 1. The Morgan fingerprint density at radius 1 is 1.25 bits per heavy atom. The summed E-state index contributed by atoms with van der Waals surface area (Å²) in [5, 5.41) is 0.0753. The van der Waals surface area contributed by atoms with Crippen molar-refractivity contribution < 1.29 is 4.79 Å². The molecule has 0 spiro atoms. The minimum atomic E-state index is 0.0753. The van der Waals surface area contributed by atoms with Crippen molar-refractivity contribution in [3.05, 3.63) is 35.4 Å². The molecule has 1 aromatic rings. The first-order valence-corrected chi connectivity index (χ1v) is 8.19. The van der Waals surface area contributed by atoms with Gasteiger partial charge in [0.1, 0.15) is 0 Å². The Labute approximate surface area is 126 Å². The van der Waals surface area contributed by atoms with Crippen LogP contribution in [0, 0.1) is 5.92 Å². The van der Waals surface area contributed by atoms with Gasteiger partial charge >= 0.3 is 0 Å². The SMILES string of the molecule is O=C(CCC1CCc2ccccc2C1Cl)N1CCCC1. The molecular formula is C17H22ClNO. The molecule has 2 aliphatic rings. The number of halogens is 1. The quantitative estimate of drug-likeness (QED) is 0.773. The minimum Gasteiger partial charge on any atom is -0.343 e. The van der Waals surface area contributed by atoms with Crippen LogP contribution in [0.25, 0.3) is 0 Å². The van der Waals surface area contributed by atoms with Gasteiger partial charge < -0.3 is 4.90 Å². The zero-order valence-corrected chi connectivity index (χ0v) is 12.6. The Hall–Kier alpha value is -1.02. The lowest BCUT2D eigenvalue weighted by molar-refractivity contribution is -0.130. The van der Waals surface area contributed by atoms with E-state index >= 15 is 0 Å². The summed E-state index contributed by atoms with van der Waals surface area (Å²) < 4.78 is 0. The van der Waals surface area contributed by atoms with Crippen LogP contribution < -0.4 is 0 Å². The number of aryl methyl sites for hydroxylation is 1. The third-order valence-electron chi connectivity index (χ3n) is 4.74. The topological polar surface area (TPSA) is 20.3 Å². The predicted molar refractivity (Wildman–Crippen MR) is 81.9 cm³/mol. The number of likely N-dealkylation sites (tertiary alicyclic amines) is 1. The van der Waals surface area contributed by atoms with Crippen LogP contribution in [0.2, 0.25) is 0 Å². The Bertz CT molecular complexity index is 482. The van der Waals surface area contributed by atoms with Gasteiger partial charge in [-0.2, -0.15) is 0 Å². The van der Waals surface area contributed by atoms with E-state index in [1.807, 2.05) is 4.90 Å². The van der Waals surface area contributed by atoms with Crippen molar-refractivity contribution in [3.8, 4) is 0 Å². The Morgan fingerprint density at radius 2 is 2.00 bits per heavy atom. The minimum absolute atomic E-state index is 0.0753. The van der Waals surface area contributed by atoms with Gasteiger partial charge in [-0.25, -0.2) is 0 Å². The van der Waals surface area contributed by atoms with Crippen LogP contribution in [0.4, 0.5) is 0 Å². The van der Waals surface area contributed by atoms with Gasteiger partial charge in [0.15, 0.2) is 0 Å². The molecule has 1 heterocycles. The van der Waals surface area contributed by atoms with E-state index in [-0.39, 0.29) is 5.38 Å². The third kappa shape index (κ3) is 2.85. The number of alkyl halides is 1. The fourth-order valence-electron chi connectivity index (χ4n) is 3.50. The van der Waals surface area contributed by atoms with Crippen LogP contribution >= 0.6 is 11.6 Å². The van der Waals surface area contributed by atoms with Crippen molar-refractivity contribution in [3.63, 3.8) is 0 Å². The van der Waals surface area contributed by atoms with Crippen molar-refractivity contribution in [2.24, 2.45) is 5.92 Å². The third-order valence-corrected chi connectivity index (χ3v) is 5.33. The number of benzene rings is 1. The highest BCUT2D eigenvalue weighted by Gasteiger charge is 2.28. The Kier molecular flexibility index (Phi) is 4.30. The fourth-order valence-corrected chi connectivity index (χ4v) is 3.96. The van der Waals surface area contributed by atoms with Crippen LogP contribution in [0.5, 0.6) is 0 Å². The lowest BCUT2D eigenvalue weighted by Crippen LogP contribution is -2.28. The summed E-state index contributed by atoms with van der Waals surface area (Å²) in [4.78, 5) is 14.1. The van der Waals surface area contributed by atoms with Gasteiger partial charge in [-0.1, -0.05) is 24.3 Å². The molecule has 1 fully saturated rings. The highest BCUT2D eigenvalue weighted by Crippen LogP contribution is 2.41. The molecule has 2 unspecified atom stereocenters. The van der Waals surface area contributed by atoms with E-state index in [4.69, 9.17) is 11.6 Å². The van der Waals surface area contributed by atoms with Crippen molar-refractivity contribution >= 4 is 17.5 Å². The first-order valence-electron chi connectivity index (χ1n) is 7.75. The molecule has 0 radical (unpaired) electrons. The number of hydrogen-bond donors (Lipinski definition) is 0. The molecule has 3 heteroatoms. The molecule has 2 atom stereocenters. The zero-order valence-electron chi connectivity index (χ0n) is 11.9. The Balaban J connectivity index is 1.58. The Morgan fingerprint density at radius 3 is 2.80 bits per heavy atom. The number of fused-ring (bicyclic) bond motifs is 1. The second kappa shape index (κ2) is 6.17. The van der Waals surface area contributed by atoms with E-state index in [2.05, 4.69) is 24.3 Å². The second-order valence-electron chi connectivity index (χ2n) is 6.03. The van der Waals surface area contributed by atoms with E-state index in [9.17, 15) is 4.79 Å². The maximum absolute atomic E-state index is 12.1. The second-order valence-corrected chi connectivity index (χ2v) is 6.50. The van der Waals surface area contributed by atoms with Gasteiger partial charge in [-0.05, 0) is 49.1 Å². The molecule has 108 valence electrons. The first-order chi connectivity index (χ1) is 9.75. The monoisotopic (exact) mass is 291 g/mol. The molecule has 0 N–H and O–H groups in total. The molecular weight excluding hydrogens is 270 g/mol. The molecule has 2 nitrogen and oxygen atoms in total. The molecule has 1 saturated heterocycles. The largest absolute Gasteiger partial charge is 0.343 e. The molecule has 1 aliphatic carbocycles. The molecule has 0 aromatic heterocycles. The molecule has 20 heavy (non-hydrogen) atoms. The molecule has 1 amide bonds. The number of nitrogens with zero attached hydrogens (tertiary/aromatic N) is 1. The summed E-state index contributed by atoms with van der Waals surface area (Å²) in [5.41, 5.74) is 2.66. The van der Waals surface area contributed by atoms with E-state index in [1.165, 1.54) is 24.0 Å². The van der Waals surface area contributed by atoms with Crippen LogP contribution in [0.3, 0.4) is 0 Å². The standard InChI is InChI=1S/C17H22ClNO/c18-17-14(8-7-13-5-1-2-6-15(13)17)9-10-16(20)19-11-3-4-12-19/h1-2,5-6,14,17H,3-4,7-12H2. The first kappa shape index (κ1) is 13.9. The lowest BCUT2D eigenvalue weighted by atomic mass is 9.81. The molecule has 0 saturated carbocycles. The average Bonchev–Trinajstić information content (AvgIpc) is 3.01. The summed E-state index contributed by atoms with van der Waals surface area (Å²) in [6.45, 7) is 1.91.